The fourth-order valence-corrected chi connectivity index (χ4v) is 3.37. The van der Waals surface area contributed by atoms with E-state index in [0.29, 0.717) is 11.4 Å². The van der Waals surface area contributed by atoms with Crippen LogP contribution in [0.2, 0.25) is 0 Å². The van der Waals surface area contributed by atoms with Crippen molar-refractivity contribution in [1.82, 2.24) is 0 Å². The Hall–Kier alpha value is -2.29. The van der Waals surface area contributed by atoms with Gasteiger partial charge in [0.15, 0.2) is 0 Å². The van der Waals surface area contributed by atoms with Gasteiger partial charge in [0.25, 0.3) is 0 Å². The molecule has 25 heavy (non-hydrogen) atoms. The van der Waals surface area contributed by atoms with Crippen LogP contribution in [0, 0.1) is 55.4 Å². The Labute approximate surface area is 151 Å². The van der Waals surface area contributed by atoms with E-state index in [2.05, 4.69) is 6.92 Å². The first-order chi connectivity index (χ1) is 11.5. The van der Waals surface area contributed by atoms with E-state index in [1.807, 2.05) is 55.4 Å². The van der Waals surface area contributed by atoms with Crippen LogP contribution < -0.4 is 0 Å². The predicted molar refractivity (Wildman–Crippen MR) is 106 cm³/mol. The number of aromatic hydroxyl groups is 2. The first-order valence-corrected chi connectivity index (χ1v) is 8.64. The summed E-state index contributed by atoms with van der Waals surface area (Å²) in [6.45, 7) is 17.9. The molecule has 0 aliphatic carbocycles. The zero-order chi connectivity index (χ0) is 19.2. The average Bonchev–Trinajstić information content (AvgIpc) is 2.58. The summed E-state index contributed by atoms with van der Waals surface area (Å²) in [6.07, 6.45) is 0. The summed E-state index contributed by atoms with van der Waals surface area (Å²) in [6, 6.07) is 0. The molecule has 0 radical (unpaired) electrons. The van der Waals surface area contributed by atoms with Gasteiger partial charge in [-0.2, -0.15) is 0 Å². The van der Waals surface area contributed by atoms with Gasteiger partial charge in [0.2, 0.25) is 0 Å². The van der Waals surface area contributed by atoms with Gasteiger partial charge in [-0.3, -0.25) is 0 Å². The molecule has 2 aromatic carbocycles. The van der Waals surface area contributed by atoms with Crippen molar-refractivity contribution in [2.75, 3.05) is 0 Å². The maximum absolute atomic E-state index is 10.7. The summed E-state index contributed by atoms with van der Waals surface area (Å²) >= 11 is 0. The van der Waals surface area contributed by atoms with Crippen LogP contribution in [0.3, 0.4) is 0 Å². The quantitative estimate of drug-likeness (QED) is 0.689. The zero-order valence-electron chi connectivity index (χ0n) is 16.8. The van der Waals surface area contributed by atoms with E-state index in [4.69, 9.17) is 4.99 Å². The average molecular weight is 339 g/mol. The summed E-state index contributed by atoms with van der Waals surface area (Å²) in [5, 5.41) is 21.3. The number of phenols is 2. The molecule has 0 aliphatic heterocycles. The minimum absolute atomic E-state index is 0.220. The summed E-state index contributed by atoms with van der Waals surface area (Å²) in [5.41, 5.74) is 10.3. The molecule has 0 unspecified atom stereocenters. The van der Waals surface area contributed by atoms with Gasteiger partial charge in [-0.25, -0.2) is 4.99 Å². The summed E-state index contributed by atoms with van der Waals surface area (Å²) in [5.74, 6) is 0.497. The Bertz CT molecular complexity index is 847. The molecule has 3 heteroatoms. The van der Waals surface area contributed by atoms with Crippen molar-refractivity contribution >= 4 is 11.4 Å². The highest BCUT2D eigenvalue weighted by Crippen LogP contribution is 2.40. The number of benzene rings is 2. The largest absolute Gasteiger partial charge is 0.507 e. The van der Waals surface area contributed by atoms with Gasteiger partial charge in [-0.1, -0.05) is 0 Å². The fourth-order valence-electron chi connectivity index (χ4n) is 3.37. The zero-order valence-corrected chi connectivity index (χ0v) is 16.8. The van der Waals surface area contributed by atoms with Gasteiger partial charge in [0, 0.05) is 11.3 Å². The van der Waals surface area contributed by atoms with Crippen molar-refractivity contribution in [3.8, 4) is 11.5 Å². The highest BCUT2D eigenvalue weighted by Gasteiger charge is 2.19. The van der Waals surface area contributed by atoms with Crippen LogP contribution in [-0.4, -0.2) is 15.9 Å². The second-order valence-corrected chi connectivity index (χ2v) is 7.12. The maximum Gasteiger partial charge on any atom is 0.144 e. The smallest absolute Gasteiger partial charge is 0.144 e. The number of nitrogens with zero attached hydrogens (tertiary/aromatic N) is 1. The van der Waals surface area contributed by atoms with E-state index < -0.39 is 0 Å². The molecule has 3 nitrogen and oxygen atoms in total. The Kier molecular flexibility index (Phi) is 4.99. The highest BCUT2D eigenvalue weighted by atomic mass is 16.3. The third kappa shape index (κ3) is 2.92. The minimum Gasteiger partial charge on any atom is -0.507 e. The molecule has 0 saturated carbocycles. The molecule has 0 amide bonds. The third-order valence-corrected chi connectivity index (χ3v) is 5.92. The van der Waals surface area contributed by atoms with Crippen LogP contribution in [0.1, 0.15) is 57.0 Å². The van der Waals surface area contributed by atoms with Crippen molar-refractivity contribution in [2.24, 2.45) is 4.99 Å². The Morgan fingerprint density at radius 2 is 0.960 bits per heavy atom. The van der Waals surface area contributed by atoms with Gasteiger partial charge in [-0.05, 0) is 107 Å². The lowest BCUT2D eigenvalue weighted by atomic mass is 9.91. The number of aliphatic imine (C=N–C) groups is 1. The molecule has 0 bridgehead atoms. The molecule has 0 fully saturated rings. The predicted octanol–water partition coefficient (Wildman–Crippen LogP) is 5.71. The van der Waals surface area contributed by atoms with Gasteiger partial charge in [0.1, 0.15) is 17.2 Å². The maximum atomic E-state index is 10.7. The van der Waals surface area contributed by atoms with Crippen molar-refractivity contribution in [1.29, 1.82) is 0 Å². The topological polar surface area (TPSA) is 52.8 Å². The van der Waals surface area contributed by atoms with Crippen LogP contribution >= 0.6 is 0 Å². The minimum atomic E-state index is 0.220. The Morgan fingerprint density at radius 3 is 1.48 bits per heavy atom. The van der Waals surface area contributed by atoms with E-state index >= 15 is 0 Å². The van der Waals surface area contributed by atoms with Gasteiger partial charge in [-0.15, -0.1) is 0 Å². The first kappa shape index (κ1) is 19.0. The Balaban J connectivity index is 2.79. The third-order valence-electron chi connectivity index (χ3n) is 5.92. The number of hydrogen-bond donors (Lipinski definition) is 2. The van der Waals surface area contributed by atoms with Crippen LogP contribution in [0.4, 0.5) is 5.69 Å². The van der Waals surface area contributed by atoms with E-state index in [-0.39, 0.29) is 11.5 Å². The highest BCUT2D eigenvalue weighted by molar-refractivity contribution is 6.05. The van der Waals surface area contributed by atoms with Gasteiger partial charge >= 0.3 is 0 Å². The lowest BCUT2D eigenvalue weighted by Gasteiger charge is -2.18. The fraction of sp³-hybridized carbons (Fsp3) is 0.409. The molecule has 0 atom stereocenters. The molecule has 2 N–H and O–H groups in total. The normalized spacial score (nSPS) is 12.0. The molecule has 0 saturated heterocycles. The van der Waals surface area contributed by atoms with Gasteiger partial charge < -0.3 is 10.2 Å². The molecule has 0 aliphatic rings. The SMILES string of the molecule is CC(=Nc1c(C)c(C)c(C)c(C)c1O)c1c(C)c(C)c(C)c(C)c1O. The summed E-state index contributed by atoms with van der Waals surface area (Å²) < 4.78 is 0. The lowest BCUT2D eigenvalue weighted by Crippen LogP contribution is -2.05. The van der Waals surface area contributed by atoms with Crippen LogP contribution in [0.25, 0.3) is 0 Å². The van der Waals surface area contributed by atoms with Crippen LogP contribution in [0.5, 0.6) is 11.5 Å². The van der Waals surface area contributed by atoms with E-state index in [1.165, 1.54) is 0 Å². The molecular formula is C22H29NO2. The standard InChI is InChI=1S/C22H29NO2/c1-10-12(3)16(7)21(24)19(14(10)5)18(9)23-20-15(6)11(2)13(4)17(8)22(20)25/h24-25H,1-9H3. The molecule has 134 valence electrons. The molecule has 2 aromatic rings. The first-order valence-electron chi connectivity index (χ1n) is 8.64. The summed E-state index contributed by atoms with van der Waals surface area (Å²) in [4.78, 5) is 4.73. The number of phenolic OH excluding ortho intramolecular Hbond substituents is 2. The molecule has 0 spiro atoms. The van der Waals surface area contributed by atoms with Crippen molar-refractivity contribution < 1.29 is 10.2 Å². The lowest BCUT2D eigenvalue weighted by molar-refractivity contribution is 0.468. The van der Waals surface area contributed by atoms with Crippen molar-refractivity contribution in [2.45, 2.75) is 62.3 Å². The van der Waals surface area contributed by atoms with Crippen molar-refractivity contribution in [3.63, 3.8) is 0 Å². The molecule has 0 heterocycles. The van der Waals surface area contributed by atoms with Gasteiger partial charge in [0.05, 0.1) is 0 Å². The van der Waals surface area contributed by atoms with Crippen molar-refractivity contribution in [3.05, 3.63) is 50.1 Å². The van der Waals surface area contributed by atoms with E-state index in [9.17, 15) is 10.2 Å². The summed E-state index contributed by atoms with van der Waals surface area (Å²) in [7, 11) is 0. The van der Waals surface area contributed by atoms with E-state index in [0.717, 1.165) is 50.1 Å². The molecule has 0 aromatic heterocycles. The Morgan fingerprint density at radius 1 is 0.560 bits per heavy atom. The number of rotatable bonds is 2. The molecule has 2 rings (SSSR count). The van der Waals surface area contributed by atoms with Crippen LogP contribution in [0.15, 0.2) is 4.99 Å². The monoisotopic (exact) mass is 339 g/mol. The van der Waals surface area contributed by atoms with E-state index in [1.54, 1.807) is 0 Å². The second kappa shape index (κ2) is 6.55. The second-order valence-electron chi connectivity index (χ2n) is 7.12. The number of hydrogen-bond acceptors (Lipinski definition) is 3. The molecular weight excluding hydrogens is 310 g/mol. The van der Waals surface area contributed by atoms with Crippen LogP contribution in [-0.2, 0) is 0 Å².